The Morgan fingerprint density at radius 3 is 2.83 bits per heavy atom. The Balaban J connectivity index is 1.37. The predicted octanol–water partition coefficient (Wildman–Crippen LogP) is 2.69. The number of aryl methyl sites for hydroxylation is 1. The van der Waals surface area contributed by atoms with Crippen molar-refractivity contribution in [3.05, 3.63) is 47.6 Å². The van der Waals surface area contributed by atoms with Gasteiger partial charge >= 0.3 is 0 Å². The predicted molar refractivity (Wildman–Crippen MR) is 86.0 cm³/mol. The van der Waals surface area contributed by atoms with Crippen molar-refractivity contribution in [2.75, 3.05) is 13.1 Å². The van der Waals surface area contributed by atoms with Crippen LogP contribution in [-0.2, 0) is 6.42 Å². The molecule has 2 aromatic rings. The van der Waals surface area contributed by atoms with Gasteiger partial charge in [-0.15, -0.1) is 0 Å². The van der Waals surface area contributed by atoms with Gasteiger partial charge in [-0.05, 0) is 44.2 Å². The van der Waals surface area contributed by atoms with Crippen LogP contribution in [0.15, 0.2) is 34.9 Å². The molecule has 2 aliphatic rings. The minimum Gasteiger partial charge on any atom is -0.392 e. The van der Waals surface area contributed by atoms with E-state index in [4.69, 9.17) is 4.52 Å². The van der Waals surface area contributed by atoms with Crippen molar-refractivity contribution in [1.82, 2.24) is 15.0 Å². The molecule has 0 radical (unpaired) electrons. The molecule has 1 saturated carbocycles. The van der Waals surface area contributed by atoms with E-state index >= 15 is 0 Å². The van der Waals surface area contributed by atoms with Crippen LogP contribution < -0.4 is 0 Å². The minimum atomic E-state index is -0.298. The van der Waals surface area contributed by atoms with Crippen molar-refractivity contribution in [2.24, 2.45) is 0 Å². The largest absolute Gasteiger partial charge is 0.392 e. The van der Waals surface area contributed by atoms with E-state index < -0.39 is 0 Å². The summed E-state index contributed by atoms with van der Waals surface area (Å²) in [4.78, 5) is 6.86. The van der Waals surface area contributed by atoms with Crippen LogP contribution in [0.2, 0.25) is 0 Å². The van der Waals surface area contributed by atoms with E-state index in [0.29, 0.717) is 24.8 Å². The topological polar surface area (TPSA) is 62.4 Å². The fourth-order valence-electron chi connectivity index (χ4n) is 3.40. The number of hydrogen-bond acceptors (Lipinski definition) is 5. The van der Waals surface area contributed by atoms with Gasteiger partial charge in [-0.1, -0.05) is 35.5 Å². The first-order valence-corrected chi connectivity index (χ1v) is 8.59. The second-order valence-corrected chi connectivity index (χ2v) is 6.75. The Labute approximate surface area is 136 Å². The van der Waals surface area contributed by atoms with Crippen LogP contribution in [0.4, 0.5) is 0 Å². The molecule has 1 saturated heterocycles. The highest BCUT2D eigenvalue weighted by molar-refractivity contribution is 5.14. The Kier molecular flexibility index (Phi) is 4.14. The third-order valence-corrected chi connectivity index (χ3v) is 4.82. The smallest absolute Gasteiger partial charge is 0.244 e. The quantitative estimate of drug-likeness (QED) is 0.888. The van der Waals surface area contributed by atoms with E-state index in [9.17, 15) is 5.11 Å². The van der Waals surface area contributed by atoms with Gasteiger partial charge in [0.25, 0.3) is 0 Å². The third kappa shape index (κ3) is 3.46. The molecule has 1 aliphatic carbocycles. The lowest BCUT2D eigenvalue weighted by atomic mass is 10.1. The zero-order valence-electron chi connectivity index (χ0n) is 13.3. The van der Waals surface area contributed by atoms with Gasteiger partial charge in [0.2, 0.25) is 5.89 Å². The number of benzene rings is 1. The van der Waals surface area contributed by atoms with Crippen LogP contribution >= 0.6 is 0 Å². The molecule has 0 bridgehead atoms. The van der Waals surface area contributed by atoms with Gasteiger partial charge in [0.1, 0.15) is 0 Å². The number of aromatic nitrogens is 2. The number of nitrogens with zero attached hydrogens (tertiary/aromatic N) is 3. The molecule has 0 amide bonds. The highest BCUT2D eigenvalue weighted by Gasteiger charge is 2.37. The maximum atomic E-state index is 10.0. The maximum Gasteiger partial charge on any atom is 0.244 e. The summed E-state index contributed by atoms with van der Waals surface area (Å²) in [5.41, 5.74) is 1.36. The van der Waals surface area contributed by atoms with Crippen molar-refractivity contribution >= 4 is 0 Å². The lowest BCUT2D eigenvalue weighted by molar-refractivity contribution is 0.172. The number of aliphatic hydroxyl groups is 1. The monoisotopic (exact) mass is 313 g/mol. The molecule has 2 fully saturated rings. The molecule has 0 spiro atoms. The molecular formula is C18H23N3O2. The highest BCUT2D eigenvalue weighted by atomic mass is 16.5. The summed E-state index contributed by atoms with van der Waals surface area (Å²) in [6.45, 7) is 1.64. The van der Waals surface area contributed by atoms with Crippen LogP contribution in [0.3, 0.4) is 0 Å². The van der Waals surface area contributed by atoms with Gasteiger partial charge < -0.3 is 9.63 Å². The van der Waals surface area contributed by atoms with Gasteiger partial charge in [-0.2, -0.15) is 4.98 Å². The maximum absolute atomic E-state index is 10.0. The molecule has 1 aromatic carbocycles. The lowest BCUT2D eigenvalue weighted by Gasteiger charge is -2.20. The van der Waals surface area contributed by atoms with Gasteiger partial charge in [0.05, 0.1) is 12.1 Å². The number of rotatable bonds is 6. The van der Waals surface area contributed by atoms with Gasteiger partial charge in [-0.3, -0.25) is 4.90 Å². The third-order valence-electron chi connectivity index (χ3n) is 4.82. The summed E-state index contributed by atoms with van der Waals surface area (Å²) in [7, 11) is 0. The second kappa shape index (κ2) is 6.42. The molecule has 23 heavy (non-hydrogen) atoms. The van der Waals surface area contributed by atoms with Crippen LogP contribution in [0.25, 0.3) is 0 Å². The molecule has 2 atom stereocenters. The van der Waals surface area contributed by atoms with E-state index in [-0.39, 0.29) is 12.1 Å². The van der Waals surface area contributed by atoms with Crippen LogP contribution in [0.5, 0.6) is 0 Å². The van der Waals surface area contributed by atoms with Crippen molar-refractivity contribution in [3.8, 4) is 0 Å². The first-order valence-electron chi connectivity index (χ1n) is 8.59. The molecule has 5 heteroatoms. The standard InChI is InChI=1S/C18H23N3O2/c22-15-11-16(18-19-17(20-23-18)14-8-9-14)21(12-15)10-4-7-13-5-2-1-3-6-13/h1-3,5-6,14-16,22H,4,7-12H2. The van der Waals surface area contributed by atoms with Gasteiger partial charge in [-0.25, -0.2) is 0 Å². The van der Waals surface area contributed by atoms with Gasteiger partial charge in [0.15, 0.2) is 5.82 Å². The zero-order valence-corrected chi connectivity index (χ0v) is 13.3. The molecule has 1 N–H and O–H groups in total. The number of aliphatic hydroxyl groups excluding tert-OH is 1. The van der Waals surface area contributed by atoms with E-state index in [0.717, 1.165) is 25.2 Å². The molecule has 2 heterocycles. The van der Waals surface area contributed by atoms with E-state index in [1.165, 1.54) is 18.4 Å². The number of hydrogen-bond donors (Lipinski definition) is 1. The molecular weight excluding hydrogens is 290 g/mol. The van der Waals surface area contributed by atoms with Crippen LogP contribution in [-0.4, -0.2) is 39.3 Å². The minimum absolute atomic E-state index is 0.0702. The van der Waals surface area contributed by atoms with Crippen molar-refractivity contribution in [3.63, 3.8) is 0 Å². The van der Waals surface area contributed by atoms with E-state index in [2.05, 4.69) is 39.3 Å². The Morgan fingerprint density at radius 1 is 1.22 bits per heavy atom. The molecule has 2 unspecified atom stereocenters. The molecule has 1 aliphatic heterocycles. The van der Waals surface area contributed by atoms with E-state index in [1.807, 2.05) is 6.07 Å². The fraction of sp³-hybridized carbons (Fsp3) is 0.556. The lowest BCUT2D eigenvalue weighted by Crippen LogP contribution is -2.26. The molecule has 4 rings (SSSR count). The highest BCUT2D eigenvalue weighted by Crippen LogP contribution is 2.39. The van der Waals surface area contributed by atoms with Crippen molar-refractivity contribution in [1.29, 1.82) is 0 Å². The zero-order chi connectivity index (χ0) is 15.6. The van der Waals surface area contributed by atoms with Crippen LogP contribution in [0.1, 0.15) is 54.9 Å². The normalized spacial score (nSPS) is 25.1. The van der Waals surface area contributed by atoms with Crippen molar-refractivity contribution < 1.29 is 9.63 Å². The molecule has 5 nitrogen and oxygen atoms in total. The Bertz CT molecular complexity index is 639. The summed E-state index contributed by atoms with van der Waals surface area (Å²) in [5, 5.41) is 14.2. The first-order chi connectivity index (χ1) is 11.3. The Hall–Kier alpha value is -1.72. The van der Waals surface area contributed by atoms with Gasteiger partial charge in [0, 0.05) is 12.5 Å². The summed E-state index contributed by atoms with van der Waals surface area (Å²) < 4.78 is 5.48. The molecule has 122 valence electrons. The van der Waals surface area contributed by atoms with Crippen molar-refractivity contribution in [2.45, 2.75) is 50.2 Å². The number of likely N-dealkylation sites (tertiary alicyclic amines) is 1. The summed E-state index contributed by atoms with van der Waals surface area (Å²) in [6, 6.07) is 10.6. The summed E-state index contributed by atoms with van der Waals surface area (Å²) in [6.07, 6.45) is 4.86. The summed E-state index contributed by atoms with van der Waals surface area (Å²) >= 11 is 0. The molecule has 1 aromatic heterocycles. The first kappa shape index (κ1) is 14.8. The fourth-order valence-corrected chi connectivity index (χ4v) is 3.40. The Morgan fingerprint density at radius 2 is 2.04 bits per heavy atom. The summed E-state index contributed by atoms with van der Waals surface area (Å²) in [5.74, 6) is 2.04. The van der Waals surface area contributed by atoms with Crippen LogP contribution in [0, 0.1) is 0 Å². The SMILES string of the molecule is OC1CC(c2nc(C3CC3)no2)N(CCCc2ccccc2)C1. The average Bonchev–Trinajstić information content (AvgIpc) is 3.18. The average molecular weight is 313 g/mol. The second-order valence-electron chi connectivity index (χ2n) is 6.75. The number of β-amino-alcohol motifs (C(OH)–C–C–N with tert-alkyl or cyclic N) is 1. The van der Waals surface area contributed by atoms with E-state index in [1.54, 1.807) is 0 Å².